The average molecular weight is 469 g/mol. The highest BCUT2D eigenvalue weighted by Crippen LogP contribution is 2.34. The van der Waals surface area contributed by atoms with E-state index >= 15 is 0 Å². The highest BCUT2D eigenvalue weighted by atomic mass is 35.5. The Labute approximate surface area is 181 Å². The molecule has 12 heteroatoms. The van der Waals surface area contributed by atoms with Crippen LogP contribution in [0.2, 0.25) is 5.02 Å². The summed E-state index contributed by atoms with van der Waals surface area (Å²) in [7, 11) is -1.35. The van der Waals surface area contributed by atoms with Crippen LogP contribution in [0.4, 0.5) is 10.1 Å². The van der Waals surface area contributed by atoms with Crippen molar-refractivity contribution in [3.63, 3.8) is 0 Å². The van der Waals surface area contributed by atoms with Gasteiger partial charge in [-0.15, -0.1) is 11.3 Å². The maximum atomic E-state index is 13.4. The minimum Gasteiger partial charge on any atom is -0.325 e. The molecule has 8 nitrogen and oxygen atoms in total. The lowest BCUT2D eigenvalue weighted by molar-refractivity contribution is -0.120. The van der Waals surface area contributed by atoms with Gasteiger partial charge in [-0.25, -0.2) is 22.6 Å². The summed E-state index contributed by atoms with van der Waals surface area (Å²) in [6.07, 6.45) is 5.48. The van der Waals surface area contributed by atoms with Gasteiger partial charge in [0.2, 0.25) is 5.91 Å². The van der Waals surface area contributed by atoms with Crippen molar-refractivity contribution in [1.29, 1.82) is 0 Å². The quantitative estimate of drug-likeness (QED) is 0.512. The number of anilines is 1. The molecule has 3 atom stereocenters. The standard InChI is InChI=1S/C18H18ClFN6O2S2/c1-26-15(17(27)24-11-3-4-13(20)12(19)5-11)6-14(25-30(26,2)28)18-21-9-16(29-18)10-7-22-23-8-10/h3-5,7-9,14-15H,2,6H2,1H3,(H,22,23)(H,24,27)(H,25,28). The summed E-state index contributed by atoms with van der Waals surface area (Å²) >= 11 is 7.21. The fourth-order valence-corrected chi connectivity index (χ4v) is 5.75. The number of benzene rings is 1. The second-order valence-electron chi connectivity index (χ2n) is 6.78. The first-order valence-corrected chi connectivity index (χ1v) is 11.7. The Morgan fingerprint density at radius 3 is 2.97 bits per heavy atom. The Balaban J connectivity index is 1.57. The third-order valence-corrected chi connectivity index (χ3v) is 8.07. The summed E-state index contributed by atoms with van der Waals surface area (Å²) in [6, 6.07) is 2.74. The molecule has 0 spiro atoms. The molecule has 0 saturated carbocycles. The predicted molar refractivity (Wildman–Crippen MR) is 117 cm³/mol. The van der Waals surface area contributed by atoms with E-state index < -0.39 is 33.7 Å². The van der Waals surface area contributed by atoms with E-state index in [-0.39, 0.29) is 5.02 Å². The van der Waals surface area contributed by atoms with Gasteiger partial charge in [-0.2, -0.15) is 5.10 Å². The molecule has 4 rings (SSSR count). The van der Waals surface area contributed by atoms with Crippen LogP contribution >= 0.6 is 22.9 Å². The van der Waals surface area contributed by atoms with E-state index in [0.29, 0.717) is 17.1 Å². The lowest BCUT2D eigenvalue weighted by atomic mass is 10.1. The molecule has 3 heterocycles. The molecule has 0 bridgehead atoms. The van der Waals surface area contributed by atoms with Crippen LogP contribution in [-0.4, -0.2) is 48.6 Å². The first kappa shape index (κ1) is 20.9. The third-order valence-electron chi connectivity index (χ3n) is 4.78. The number of carbonyl (C=O) groups excluding carboxylic acids is 1. The predicted octanol–water partition coefficient (Wildman–Crippen LogP) is 2.85. The number of aromatic nitrogens is 3. The van der Waals surface area contributed by atoms with Gasteiger partial charge in [0.15, 0.2) is 0 Å². The lowest BCUT2D eigenvalue weighted by Gasteiger charge is -2.38. The molecule has 0 aliphatic carbocycles. The molecule has 1 aliphatic heterocycles. The average Bonchev–Trinajstić information content (AvgIpc) is 3.38. The first-order chi connectivity index (χ1) is 14.2. The fourth-order valence-electron chi connectivity index (χ4n) is 3.12. The van der Waals surface area contributed by atoms with Crippen molar-refractivity contribution >= 4 is 50.3 Å². The number of H-pyrrole nitrogens is 1. The number of hydrogen-bond donors (Lipinski definition) is 3. The topological polar surface area (TPSA) is 103 Å². The van der Waals surface area contributed by atoms with Crippen LogP contribution in [0.1, 0.15) is 17.5 Å². The largest absolute Gasteiger partial charge is 0.325 e. The number of halogens is 2. The van der Waals surface area contributed by atoms with Gasteiger partial charge in [0.25, 0.3) is 0 Å². The van der Waals surface area contributed by atoms with Crippen LogP contribution in [-0.2, 0) is 14.7 Å². The molecule has 1 aromatic carbocycles. The molecule has 30 heavy (non-hydrogen) atoms. The molecule has 1 aliphatic rings. The zero-order chi connectivity index (χ0) is 21.5. The summed E-state index contributed by atoms with van der Waals surface area (Å²) < 4.78 is 30.8. The Kier molecular flexibility index (Phi) is 5.64. The van der Waals surface area contributed by atoms with Crippen LogP contribution in [0.5, 0.6) is 0 Å². The minimum absolute atomic E-state index is 0.0974. The smallest absolute Gasteiger partial charge is 0.242 e. The zero-order valence-corrected chi connectivity index (χ0v) is 18.2. The highest BCUT2D eigenvalue weighted by Gasteiger charge is 2.38. The second-order valence-corrected chi connectivity index (χ2v) is 10.3. The number of hydrogen-bond acceptors (Lipinski definition) is 5. The maximum Gasteiger partial charge on any atom is 0.242 e. The third kappa shape index (κ3) is 4.12. The van der Waals surface area contributed by atoms with E-state index in [9.17, 15) is 13.4 Å². The van der Waals surface area contributed by atoms with Gasteiger partial charge in [0.1, 0.15) is 16.9 Å². The van der Waals surface area contributed by atoms with Crippen molar-refractivity contribution in [3.05, 3.63) is 52.6 Å². The maximum absolute atomic E-state index is 13.4. The number of rotatable bonds is 4. The molecule has 158 valence electrons. The van der Waals surface area contributed by atoms with Gasteiger partial charge in [-0.3, -0.25) is 9.89 Å². The van der Waals surface area contributed by atoms with Crippen LogP contribution in [0.3, 0.4) is 0 Å². The summed E-state index contributed by atoms with van der Waals surface area (Å²) in [4.78, 5) is 18.3. The number of thiazole rings is 1. The van der Waals surface area contributed by atoms with E-state index in [1.807, 2.05) is 0 Å². The first-order valence-electron chi connectivity index (χ1n) is 8.83. The molecule has 3 aromatic rings. The summed E-state index contributed by atoms with van der Waals surface area (Å²) in [6.45, 7) is 0. The summed E-state index contributed by atoms with van der Waals surface area (Å²) in [5.41, 5.74) is 1.24. The fraction of sp³-hybridized carbons (Fsp3) is 0.222. The molecular formula is C18H18ClFN6O2S2. The van der Waals surface area contributed by atoms with E-state index in [4.69, 9.17) is 11.6 Å². The van der Waals surface area contributed by atoms with Crippen molar-refractivity contribution in [3.8, 4) is 10.4 Å². The molecule has 1 amide bonds. The number of nitrogens with zero attached hydrogens (tertiary/aromatic N) is 3. The zero-order valence-electron chi connectivity index (χ0n) is 15.8. The SMILES string of the molecule is C=S1(=O)NC(c2ncc(-c3cn[nH]c3)s2)CC(C(=O)Nc2ccc(F)c(Cl)c2)N1C. The van der Waals surface area contributed by atoms with Gasteiger partial charge >= 0.3 is 0 Å². The summed E-state index contributed by atoms with van der Waals surface area (Å²) in [5.74, 6) is 2.79. The molecule has 2 aromatic heterocycles. The van der Waals surface area contributed by atoms with Crippen LogP contribution < -0.4 is 10.0 Å². The molecule has 3 unspecified atom stereocenters. The molecule has 0 radical (unpaired) electrons. The van der Waals surface area contributed by atoms with Gasteiger partial charge < -0.3 is 5.32 Å². The second kappa shape index (κ2) is 8.08. The Morgan fingerprint density at radius 1 is 1.47 bits per heavy atom. The number of carbonyl (C=O) groups is 1. The van der Waals surface area contributed by atoms with Gasteiger partial charge in [0.05, 0.1) is 32.0 Å². The van der Waals surface area contributed by atoms with Gasteiger partial charge in [-0.05, 0) is 30.5 Å². The van der Waals surface area contributed by atoms with Crippen molar-refractivity contribution in [2.24, 2.45) is 0 Å². The number of nitrogens with one attached hydrogen (secondary N) is 3. The Hall–Kier alpha value is -2.31. The lowest BCUT2D eigenvalue weighted by Crippen LogP contribution is -2.55. The normalized spacial score (nSPS) is 24.6. The van der Waals surface area contributed by atoms with E-state index in [0.717, 1.165) is 10.4 Å². The van der Waals surface area contributed by atoms with Crippen molar-refractivity contribution < 1.29 is 13.4 Å². The van der Waals surface area contributed by atoms with Crippen molar-refractivity contribution in [2.75, 3.05) is 12.4 Å². The molecule has 3 N–H and O–H groups in total. The van der Waals surface area contributed by atoms with Gasteiger partial charge in [0, 0.05) is 30.7 Å². The number of likely N-dealkylation sites (N-methyl/N-ethyl adjacent to an activating group) is 1. The monoisotopic (exact) mass is 468 g/mol. The number of amides is 1. The van der Waals surface area contributed by atoms with Crippen LogP contribution in [0.25, 0.3) is 10.4 Å². The van der Waals surface area contributed by atoms with Crippen LogP contribution in [0, 0.1) is 5.82 Å². The Morgan fingerprint density at radius 2 is 2.27 bits per heavy atom. The van der Waals surface area contributed by atoms with E-state index in [2.05, 4.69) is 31.1 Å². The van der Waals surface area contributed by atoms with Crippen molar-refractivity contribution in [2.45, 2.75) is 18.5 Å². The molecule has 1 saturated heterocycles. The van der Waals surface area contributed by atoms with Gasteiger partial charge in [-0.1, -0.05) is 11.6 Å². The number of aromatic amines is 1. The van der Waals surface area contributed by atoms with E-state index in [1.165, 1.54) is 33.8 Å². The minimum atomic E-state index is -2.92. The Bertz CT molecular complexity index is 1180. The van der Waals surface area contributed by atoms with Crippen molar-refractivity contribution in [1.82, 2.24) is 24.2 Å². The molecule has 1 fully saturated rings. The van der Waals surface area contributed by atoms with E-state index in [1.54, 1.807) is 25.6 Å². The highest BCUT2D eigenvalue weighted by molar-refractivity contribution is 7.96. The summed E-state index contributed by atoms with van der Waals surface area (Å²) in [5, 5.41) is 9.98. The molecular weight excluding hydrogens is 451 g/mol. The van der Waals surface area contributed by atoms with Crippen LogP contribution in [0.15, 0.2) is 36.8 Å².